The Morgan fingerprint density at radius 1 is 1.05 bits per heavy atom. The van der Waals surface area contributed by atoms with Gasteiger partial charge in [-0.25, -0.2) is 0 Å². The first kappa shape index (κ1) is 12.5. The number of nitrogens with zero attached hydrogens (tertiary/aromatic N) is 1. The Balaban J connectivity index is 1.84. The lowest BCUT2D eigenvalue weighted by atomic mass is 10.1. The molecule has 0 aliphatic rings. The number of aryl methyl sites for hydroxylation is 1. The summed E-state index contributed by atoms with van der Waals surface area (Å²) in [6.07, 6.45) is 0.533. The van der Waals surface area contributed by atoms with E-state index in [0.29, 0.717) is 6.42 Å². The maximum absolute atomic E-state index is 9.76. The number of rotatable bonds is 3. The highest BCUT2D eigenvalue weighted by molar-refractivity contribution is 5.59. The van der Waals surface area contributed by atoms with Crippen LogP contribution >= 0.6 is 0 Å². The molecule has 1 heterocycles. The van der Waals surface area contributed by atoms with E-state index in [-0.39, 0.29) is 5.75 Å². The molecule has 0 unspecified atom stereocenters. The summed E-state index contributed by atoms with van der Waals surface area (Å²) < 4.78 is 5.35. The van der Waals surface area contributed by atoms with Gasteiger partial charge in [0.15, 0.2) is 0 Å². The summed E-state index contributed by atoms with van der Waals surface area (Å²) in [7, 11) is 0. The van der Waals surface area contributed by atoms with Crippen LogP contribution in [0, 0.1) is 6.92 Å². The van der Waals surface area contributed by atoms with E-state index in [9.17, 15) is 5.11 Å². The van der Waals surface area contributed by atoms with Crippen LogP contribution in [0.2, 0.25) is 0 Å². The summed E-state index contributed by atoms with van der Waals surface area (Å²) in [5.74, 6) is 1.02. The van der Waals surface area contributed by atoms with Gasteiger partial charge in [0.2, 0.25) is 0 Å². The second kappa shape index (κ2) is 5.21. The normalized spacial score (nSPS) is 10.7. The maximum atomic E-state index is 9.76. The molecule has 0 atom stereocenters. The molecule has 0 radical (unpaired) electrons. The van der Waals surface area contributed by atoms with Crippen molar-refractivity contribution in [2.24, 2.45) is 0 Å². The van der Waals surface area contributed by atoms with Crippen LogP contribution < -0.4 is 0 Å². The predicted octanol–water partition coefficient (Wildman–Crippen LogP) is 3.95. The number of phenolic OH excluding ortho intramolecular Hbond substituents is 1. The summed E-state index contributed by atoms with van der Waals surface area (Å²) in [5.41, 5.74) is 3.89. The van der Waals surface area contributed by atoms with Crippen molar-refractivity contribution in [2.75, 3.05) is 0 Å². The van der Waals surface area contributed by atoms with Crippen LogP contribution in [-0.2, 0) is 6.42 Å². The number of aromatic hydroxyl groups is 1. The van der Waals surface area contributed by atoms with E-state index >= 15 is 0 Å². The lowest BCUT2D eigenvalue weighted by molar-refractivity contribution is 0.389. The third kappa shape index (κ3) is 2.57. The fourth-order valence-electron chi connectivity index (χ4n) is 2.10. The molecule has 3 rings (SSSR count). The third-order valence-electron chi connectivity index (χ3n) is 3.26. The molecule has 0 spiro atoms. The summed E-state index contributed by atoms with van der Waals surface area (Å²) >= 11 is 0. The van der Waals surface area contributed by atoms with Gasteiger partial charge in [-0.3, -0.25) is 0 Å². The average molecular weight is 265 g/mol. The summed E-state index contributed by atoms with van der Waals surface area (Å²) in [6, 6.07) is 17.3. The van der Waals surface area contributed by atoms with Crippen LogP contribution in [0.4, 0.5) is 0 Å². The molecule has 20 heavy (non-hydrogen) atoms. The number of hydrogen-bond acceptors (Lipinski definition) is 3. The Labute approximate surface area is 117 Å². The van der Waals surface area contributed by atoms with Gasteiger partial charge in [0, 0.05) is 23.6 Å². The molecule has 3 nitrogen and oxygen atoms in total. The van der Waals surface area contributed by atoms with Crippen LogP contribution in [0.1, 0.15) is 16.9 Å². The molecule has 1 N–H and O–H groups in total. The second-order valence-corrected chi connectivity index (χ2v) is 4.85. The number of phenols is 1. The van der Waals surface area contributed by atoms with Gasteiger partial charge in [-0.2, -0.15) is 0 Å². The molecule has 3 aromatic rings. The number of hydrogen-bond donors (Lipinski definition) is 1. The molecule has 0 aliphatic carbocycles. The molecule has 0 amide bonds. The van der Waals surface area contributed by atoms with Crippen molar-refractivity contribution in [3.05, 3.63) is 71.5 Å². The van der Waals surface area contributed by atoms with Gasteiger partial charge in [-0.1, -0.05) is 53.2 Å². The molecule has 0 saturated heterocycles. The van der Waals surface area contributed by atoms with Crippen molar-refractivity contribution >= 4 is 0 Å². The lowest BCUT2D eigenvalue weighted by Gasteiger charge is -2.00. The first-order valence-corrected chi connectivity index (χ1v) is 6.52. The zero-order chi connectivity index (χ0) is 13.9. The molecule has 0 saturated carbocycles. The van der Waals surface area contributed by atoms with E-state index in [1.165, 1.54) is 5.56 Å². The van der Waals surface area contributed by atoms with Crippen LogP contribution in [0.15, 0.2) is 59.1 Å². The van der Waals surface area contributed by atoms with E-state index in [0.717, 1.165) is 22.6 Å². The Morgan fingerprint density at radius 2 is 1.80 bits per heavy atom. The Hall–Kier alpha value is -2.55. The molecule has 0 aliphatic heterocycles. The second-order valence-electron chi connectivity index (χ2n) is 4.85. The summed E-state index contributed by atoms with van der Waals surface area (Å²) in [5, 5.41) is 13.8. The first-order chi connectivity index (χ1) is 9.72. The largest absolute Gasteiger partial charge is 0.508 e. The van der Waals surface area contributed by atoms with Gasteiger partial charge in [-0.05, 0) is 13.0 Å². The molecular formula is C17H15NO2. The van der Waals surface area contributed by atoms with Crippen molar-refractivity contribution in [1.29, 1.82) is 0 Å². The fourth-order valence-corrected chi connectivity index (χ4v) is 2.10. The van der Waals surface area contributed by atoms with Gasteiger partial charge < -0.3 is 9.63 Å². The van der Waals surface area contributed by atoms with Crippen LogP contribution in [0.3, 0.4) is 0 Å². The quantitative estimate of drug-likeness (QED) is 0.780. The zero-order valence-electron chi connectivity index (χ0n) is 11.2. The molecular weight excluding hydrogens is 250 g/mol. The van der Waals surface area contributed by atoms with Gasteiger partial charge in [0.1, 0.15) is 17.2 Å². The van der Waals surface area contributed by atoms with Gasteiger partial charge >= 0.3 is 0 Å². The summed E-state index contributed by atoms with van der Waals surface area (Å²) in [4.78, 5) is 0. The van der Waals surface area contributed by atoms with E-state index in [4.69, 9.17) is 4.52 Å². The lowest BCUT2D eigenvalue weighted by Crippen LogP contribution is -1.85. The molecule has 1 aromatic heterocycles. The minimum absolute atomic E-state index is 0.279. The van der Waals surface area contributed by atoms with E-state index in [1.54, 1.807) is 12.1 Å². The highest BCUT2D eigenvalue weighted by atomic mass is 16.5. The van der Waals surface area contributed by atoms with Crippen LogP contribution in [0.25, 0.3) is 11.3 Å². The van der Waals surface area contributed by atoms with Crippen molar-refractivity contribution < 1.29 is 9.63 Å². The van der Waals surface area contributed by atoms with Crippen molar-refractivity contribution in [1.82, 2.24) is 5.16 Å². The minimum Gasteiger partial charge on any atom is -0.508 e. The Kier molecular flexibility index (Phi) is 3.25. The molecule has 100 valence electrons. The van der Waals surface area contributed by atoms with Gasteiger partial charge in [-0.15, -0.1) is 0 Å². The van der Waals surface area contributed by atoms with E-state index in [1.807, 2.05) is 42.5 Å². The monoisotopic (exact) mass is 265 g/mol. The molecule has 3 heteroatoms. The highest BCUT2D eigenvalue weighted by Crippen LogP contribution is 2.23. The SMILES string of the molecule is Cc1ccc(-c2cc(Cc3ccccc3O)on2)cc1. The molecule has 2 aromatic carbocycles. The molecule has 0 fully saturated rings. The van der Waals surface area contributed by atoms with Crippen molar-refractivity contribution in [3.63, 3.8) is 0 Å². The number of aromatic nitrogens is 1. The smallest absolute Gasteiger partial charge is 0.141 e. The van der Waals surface area contributed by atoms with Crippen LogP contribution in [-0.4, -0.2) is 10.3 Å². The first-order valence-electron chi connectivity index (χ1n) is 6.52. The van der Waals surface area contributed by atoms with E-state index < -0.39 is 0 Å². The van der Waals surface area contributed by atoms with E-state index in [2.05, 4.69) is 12.1 Å². The third-order valence-corrected chi connectivity index (χ3v) is 3.26. The molecule has 0 bridgehead atoms. The van der Waals surface area contributed by atoms with Crippen molar-refractivity contribution in [3.8, 4) is 17.0 Å². The Bertz CT molecular complexity index is 714. The number of benzene rings is 2. The summed E-state index contributed by atoms with van der Waals surface area (Å²) in [6.45, 7) is 2.05. The minimum atomic E-state index is 0.279. The van der Waals surface area contributed by atoms with Gasteiger partial charge in [0.05, 0.1) is 0 Å². The highest BCUT2D eigenvalue weighted by Gasteiger charge is 2.09. The Morgan fingerprint density at radius 3 is 2.55 bits per heavy atom. The predicted molar refractivity (Wildman–Crippen MR) is 77.6 cm³/mol. The van der Waals surface area contributed by atoms with Crippen LogP contribution in [0.5, 0.6) is 5.75 Å². The zero-order valence-corrected chi connectivity index (χ0v) is 11.2. The standard InChI is InChI=1S/C17H15NO2/c1-12-6-8-13(9-7-12)16-11-15(20-18-16)10-14-4-2-3-5-17(14)19/h2-9,11,19H,10H2,1H3. The van der Waals surface area contributed by atoms with Gasteiger partial charge in [0.25, 0.3) is 0 Å². The topological polar surface area (TPSA) is 46.3 Å². The maximum Gasteiger partial charge on any atom is 0.141 e. The fraction of sp³-hybridized carbons (Fsp3) is 0.118. The number of para-hydroxylation sites is 1. The average Bonchev–Trinajstić information content (AvgIpc) is 2.91. The van der Waals surface area contributed by atoms with Crippen molar-refractivity contribution in [2.45, 2.75) is 13.3 Å².